The van der Waals surface area contributed by atoms with Gasteiger partial charge in [0.2, 0.25) is 5.95 Å². The lowest BCUT2D eigenvalue weighted by atomic mass is 9.92. The quantitative estimate of drug-likeness (QED) is 0.622. The van der Waals surface area contributed by atoms with Crippen LogP contribution < -0.4 is 20.4 Å². The molecule has 0 aromatic carbocycles. The first kappa shape index (κ1) is 23.4. The van der Waals surface area contributed by atoms with Gasteiger partial charge in [0.05, 0.1) is 13.2 Å². The van der Waals surface area contributed by atoms with Gasteiger partial charge in [0, 0.05) is 58.4 Å². The predicted molar refractivity (Wildman–Crippen MR) is 135 cm³/mol. The molecule has 0 radical (unpaired) electrons. The molecule has 3 fully saturated rings. The molecule has 0 saturated carbocycles. The second-order valence-corrected chi connectivity index (χ2v) is 10.0. The molecule has 0 amide bonds. The molecule has 0 bridgehead atoms. The minimum Gasteiger partial charge on any atom is -0.379 e. The lowest BCUT2D eigenvalue weighted by Gasteiger charge is -2.36. The van der Waals surface area contributed by atoms with Gasteiger partial charge in [-0.05, 0) is 49.7 Å². The summed E-state index contributed by atoms with van der Waals surface area (Å²) in [5.41, 5.74) is 0. The molecular weight excluding hydrogens is 422 g/mol. The Bertz CT molecular complexity index is 742. The van der Waals surface area contributed by atoms with E-state index in [1.54, 1.807) is 0 Å². The lowest BCUT2D eigenvalue weighted by Crippen LogP contribution is -2.42. The van der Waals surface area contributed by atoms with Gasteiger partial charge >= 0.3 is 0 Å². The van der Waals surface area contributed by atoms with Gasteiger partial charge in [-0.25, -0.2) is 0 Å². The van der Waals surface area contributed by atoms with Crippen molar-refractivity contribution in [3.8, 4) is 0 Å². The molecule has 3 aliphatic heterocycles. The number of nitrogens with one attached hydrogen (secondary N) is 2. The minimum absolute atomic E-state index is 0.584. The molecule has 8 nitrogen and oxygen atoms in total. The maximum atomic E-state index is 5.57. The van der Waals surface area contributed by atoms with E-state index in [-0.39, 0.29) is 0 Å². The van der Waals surface area contributed by atoms with Crippen molar-refractivity contribution in [3.05, 3.63) is 6.07 Å². The van der Waals surface area contributed by atoms with Crippen LogP contribution in [0, 0.1) is 11.8 Å². The van der Waals surface area contributed by atoms with Crippen LogP contribution in [0.5, 0.6) is 0 Å². The summed E-state index contributed by atoms with van der Waals surface area (Å²) in [6.07, 6.45) is 5.03. The number of nitrogens with zero attached hydrogens (tertiary/aromatic N) is 5. The van der Waals surface area contributed by atoms with Crippen LogP contribution in [-0.2, 0) is 4.74 Å². The summed E-state index contributed by atoms with van der Waals surface area (Å²) >= 11 is 5.57. The molecule has 1 aromatic heterocycles. The lowest BCUT2D eigenvalue weighted by molar-refractivity contribution is 0.0389. The highest BCUT2D eigenvalue weighted by atomic mass is 32.1. The Balaban J connectivity index is 1.42. The van der Waals surface area contributed by atoms with E-state index in [0.717, 1.165) is 77.2 Å². The molecule has 2 unspecified atom stereocenters. The number of anilines is 3. The van der Waals surface area contributed by atoms with Gasteiger partial charge in [-0.1, -0.05) is 13.8 Å². The molecule has 0 aliphatic carbocycles. The third-order valence-electron chi connectivity index (χ3n) is 6.61. The zero-order valence-corrected chi connectivity index (χ0v) is 20.5. The Morgan fingerprint density at radius 1 is 1.00 bits per heavy atom. The van der Waals surface area contributed by atoms with E-state index >= 15 is 0 Å². The second kappa shape index (κ2) is 11.4. The molecule has 32 heavy (non-hydrogen) atoms. The molecule has 3 aliphatic rings. The molecule has 2 atom stereocenters. The summed E-state index contributed by atoms with van der Waals surface area (Å²) in [7, 11) is 0. The number of rotatable bonds is 6. The second-order valence-electron chi connectivity index (χ2n) is 9.64. The Morgan fingerprint density at radius 3 is 2.34 bits per heavy atom. The number of aromatic nitrogens is 2. The molecule has 9 heteroatoms. The van der Waals surface area contributed by atoms with E-state index in [4.69, 9.17) is 26.9 Å². The van der Waals surface area contributed by atoms with Gasteiger partial charge in [0.25, 0.3) is 0 Å². The molecule has 4 heterocycles. The Morgan fingerprint density at radius 2 is 1.66 bits per heavy atom. The Hall–Kier alpha value is -1.71. The smallest absolute Gasteiger partial charge is 0.232 e. The minimum atomic E-state index is 0.584. The number of piperidine rings is 2. The van der Waals surface area contributed by atoms with Crippen LogP contribution in [0.15, 0.2) is 6.07 Å². The highest BCUT2D eigenvalue weighted by molar-refractivity contribution is 7.80. The van der Waals surface area contributed by atoms with Crippen LogP contribution in [0.4, 0.5) is 17.6 Å². The number of morpholine rings is 1. The summed E-state index contributed by atoms with van der Waals surface area (Å²) in [5.74, 6) is 3.97. The fourth-order valence-corrected chi connectivity index (χ4v) is 5.27. The molecule has 3 saturated heterocycles. The summed E-state index contributed by atoms with van der Waals surface area (Å²) in [5, 5.41) is 7.17. The maximum absolute atomic E-state index is 5.57. The van der Waals surface area contributed by atoms with Crippen LogP contribution in [0.1, 0.15) is 39.5 Å². The van der Waals surface area contributed by atoms with Crippen molar-refractivity contribution in [3.63, 3.8) is 0 Å². The van der Waals surface area contributed by atoms with Gasteiger partial charge in [-0.2, -0.15) is 9.97 Å². The van der Waals surface area contributed by atoms with Crippen molar-refractivity contribution < 1.29 is 4.74 Å². The standard InChI is InChI=1S/C23H39N7OS/c1-18-14-19(2)17-30(16-18)21-15-20(29-7-4-3-5-8-29)25-22(26-21)27-23(32)24-6-9-28-10-12-31-13-11-28/h15,18-19H,3-14,16-17H2,1-2H3,(H2,24,25,26,27,32). The number of thiocarbonyl (C=S) groups is 1. The number of ether oxygens (including phenoxy) is 1. The average Bonchev–Trinajstić information content (AvgIpc) is 2.79. The monoisotopic (exact) mass is 461 g/mol. The molecule has 4 rings (SSSR count). The normalized spacial score (nSPS) is 24.9. The highest BCUT2D eigenvalue weighted by Gasteiger charge is 2.25. The van der Waals surface area contributed by atoms with Gasteiger partial charge in [-0.15, -0.1) is 0 Å². The summed E-state index contributed by atoms with van der Waals surface area (Å²) in [6.45, 7) is 14.2. The number of hydrogen-bond donors (Lipinski definition) is 2. The van der Waals surface area contributed by atoms with Crippen molar-refractivity contribution in [1.82, 2.24) is 20.2 Å². The van der Waals surface area contributed by atoms with Crippen LogP contribution in [0.3, 0.4) is 0 Å². The number of hydrogen-bond acceptors (Lipinski definition) is 7. The van der Waals surface area contributed by atoms with E-state index in [1.165, 1.54) is 25.7 Å². The van der Waals surface area contributed by atoms with E-state index in [2.05, 4.69) is 45.2 Å². The van der Waals surface area contributed by atoms with Crippen molar-refractivity contribution in [2.24, 2.45) is 11.8 Å². The van der Waals surface area contributed by atoms with Crippen LogP contribution in [0.2, 0.25) is 0 Å². The SMILES string of the molecule is CC1CC(C)CN(c2cc(N3CCCCC3)nc(NC(=S)NCCN3CCOCC3)n2)C1. The third kappa shape index (κ3) is 6.65. The van der Waals surface area contributed by atoms with Gasteiger partial charge in [-0.3, -0.25) is 4.90 Å². The van der Waals surface area contributed by atoms with E-state index in [1.807, 2.05) is 0 Å². The van der Waals surface area contributed by atoms with Gasteiger partial charge < -0.3 is 25.2 Å². The first-order chi connectivity index (χ1) is 15.6. The average molecular weight is 462 g/mol. The molecule has 178 valence electrons. The molecule has 1 aromatic rings. The van der Waals surface area contributed by atoms with E-state index in [9.17, 15) is 0 Å². The van der Waals surface area contributed by atoms with Gasteiger partial charge in [0.1, 0.15) is 11.6 Å². The fraction of sp³-hybridized carbons (Fsp3) is 0.783. The predicted octanol–water partition coefficient (Wildman–Crippen LogP) is 2.57. The highest BCUT2D eigenvalue weighted by Crippen LogP contribution is 2.29. The summed E-state index contributed by atoms with van der Waals surface area (Å²) in [4.78, 5) is 16.9. The Labute approximate surface area is 198 Å². The molecule has 0 spiro atoms. The van der Waals surface area contributed by atoms with E-state index < -0.39 is 0 Å². The molecular formula is C23H39N7OS. The first-order valence-corrected chi connectivity index (χ1v) is 12.7. The van der Waals surface area contributed by atoms with Crippen LogP contribution in [0.25, 0.3) is 0 Å². The topological polar surface area (TPSA) is 68.8 Å². The Kier molecular flexibility index (Phi) is 8.37. The maximum Gasteiger partial charge on any atom is 0.232 e. The largest absolute Gasteiger partial charge is 0.379 e. The summed E-state index contributed by atoms with van der Waals surface area (Å²) in [6, 6.07) is 2.18. The van der Waals surface area contributed by atoms with Crippen molar-refractivity contribution in [2.75, 3.05) is 80.7 Å². The summed E-state index contributed by atoms with van der Waals surface area (Å²) < 4.78 is 5.42. The fourth-order valence-electron chi connectivity index (χ4n) is 5.07. The van der Waals surface area contributed by atoms with Crippen molar-refractivity contribution >= 4 is 34.9 Å². The van der Waals surface area contributed by atoms with Crippen molar-refractivity contribution in [2.45, 2.75) is 39.5 Å². The van der Waals surface area contributed by atoms with Crippen LogP contribution in [-0.4, -0.2) is 85.6 Å². The van der Waals surface area contributed by atoms with Crippen LogP contribution >= 0.6 is 12.2 Å². The first-order valence-electron chi connectivity index (χ1n) is 12.3. The van der Waals surface area contributed by atoms with Gasteiger partial charge in [0.15, 0.2) is 5.11 Å². The zero-order valence-electron chi connectivity index (χ0n) is 19.7. The zero-order chi connectivity index (χ0) is 22.3. The van der Waals surface area contributed by atoms with E-state index in [0.29, 0.717) is 22.9 Å². The van der Waals surface area contributed by atoms with Crippen molar-refractivity contribution in [1.29, 1.82) is 0 Å². The molecule has 2 N–H and O–H groups in total. The third-order valence-corrected chi connectivity index (χ3v) is 6.86.